The van der Waals surface area contributed by atoms with Gasteiger partial charge < -0.3 is 5.32 Å². The van der Waals surface area contributed by atoms with Crippen LogP contribution >= 0.6 is 15.9 Å². The third-order valence-electron chi connectivity index (χ3n) is 2.60. The van der Waals surface area contributed by atoms with Gasteiger partial charge in [-0.3, -0.25) is 0 Å². The van der Waals surface area contributed by atoms with Gasteiger partial charge in [0.15, 0.2) is 0 Å². The van der Waals surface area contributed by atoms with E-state index in [1.807, 2.05) is 19.1 Å². The van der Waals surface area contributed by atoms with Gasteiger partial charge in [-0.15, -0.1) is 12.3 Å². The van der Waals surface area contributed by atoms with Crippen molar-refractivity contribution in [2.45, 2.75) is 32.2 Å². The van der Waals surface area contributed by atoms with Crippen molar-refractivity contribution in [3.63, 3.8) is 0 Å². The van der Waals surface area contributed by atoms with Crippen molar-refractivity contribution in [3.05, 3.63) is 34.1 Å². The molecule has 1 unspecified atom stereocenters. The molecule has 0 aliphatic heterocycles. The number of hydrogen-bond acceptors (Lipinski definition) is 1. The first kappa shape index (κ1) is 14.2. The Morgan fingerprint density at radius 2 is 2.29 bits per heavy atom. The van der Waals surface area contributed by atoms with Gasteiger partial charge >= 0.3 is 0 Å². The molecule has 1 aromatic rings. The Kier molecular flexibility index (Phi) is 6.25. The molecule has 0 bridgehead atoms. The fraction of sp³-hybridized carbons (Fsp3) is 0.429. The van der Waals surface area contributed by atoms with Gasteiger partial charge in [0.1, 0.15) is 5.82 Å². The lowest BCUT2D eigenvalue weighted by molar-refractivity contribution is 0.475. The zero-order chi connectivity index (χ0) is 12.7. The Labute approximate surface area is 111 Å². The van der Waals surface area contributed by atoms with Crippen LogP contribution in [0, 0.1) is 18.2 Å². The van der Waals surface area contributed by atoms with Crippen LogP contribution in [0.1, 0.15) is 37.8 Å². The zero-order valence-corrected chi connectivity index (χ0v) is 11.6. The van der Waals surface area contributed by atoms with Crippen molar-refractivity contribution in [3.8, 4) is 12.3 Å². The molecule has 0 amide bonds. The lowest BCUT2D eigenvalue weighted by Crippen LogP contribution is -2.21. The van der Waals surface area contributed by atoms with Crippen molar-refractivity contribution in [1.29, 1.82) is 0 Å². The van der Waals surface area contributed by atoms with E-state index in [1.165, 1.54) is 6.07 Å². The summed E-state index contributed by atoms with van der Waals surface area (Å²) in [4.78, 5) is 0. The third-order valence-corrected chi connectivity index (χ3v) is 3.10. The Bertz CT molecular complexity index is 398. The summed E-state index contributed by atoms with van der Waals surface area (Å²) >= 11 is 3.26. The molecular weight excluding hydrogens is 281 g/mol. The van der Waals surface area contributed by atoms with E-state index < -0.39 is 0 Å². The molecule has 0 spiro atoms. The number of nitrogens with one attached hydrogen (secondary N) is 1. The van der Waals surface area contributed by atoms with E-state index in [-0.39, 0.29) is 11.9 Å². The SMILES string of the molecule is C#CCCCC(NCC)c1ccc(Br)cc1F. The van der Waals surface area contributed by atoms with Crippen molar-refractivity contribution >= 4 is 15.9 Å². The zero-order valence-electron chi connectivity index (χ0n) is 9.97. The largest absolute Gasteiger partial charge is 0.310 e. The second-order valence-electron chi connectivity index (χ2n) is 3.87. The molecule has 0 heterocycles. The second-order valence-corrected chi connectivity index (χ2v) is 4.79. The molecule has 17 heavy (non-hydrogen) atoms. The minimum absolute atomic E-state index is 0.0430. The average molecular weight is 298 g/mol. The molecule has 0 fully saturated rings. The topological polar surface area (TPSA) is 12.0 Å². The minimum atomic E-state index is -0.175. The van der Waals surface area contributed by atoms with Crippen LogP contribution in [0.15, 0.2) is 22.7 Å². The summed E-state index contributed by atoms with van der Waals surface area (Å²) in [5, 5.41) is 3.29. The maximum absolute atomic E-state index is 13.8. The summed E-state index contributed by atoms with van der Waals surface area (Å²) in [7, 11) is 0. The lowest BCUT2D eigenvalue weighted by Gasteiger charge is -2.18. The fourth-order valence-corrected chi connectivity index (χ4v) is 2.14. The third kappa shape index (κ3) is 4.49. The summed E-state index contributed by atoms with van der Waals surface area (Å²) in [6.45, 7) is 2.83. The Morgan fingerprint density at radius 1 is 1.53 bits per heavy atom. The normalized spacial score (nSPS) is 12.1. The molecule has 1 nitrogen and oxygen atoms in total. The fourth-order valence-electron chi connectivity index (χ4n) is 1.81. The molecule has 0 aliphatic carbocycles. The van der Waals surface area contributed by atoms with E-state index in [4.69, 9.17) is 6.42 Å². The second kappa shape index (κ2) is 7.47. The number of unbranched alkanes of at least 4 members (excludes halogenated alkanes) is 1. The van der Waals surface area contributed by atoms with Crippen LogP contribution < -0.4 is 5.32 Å². The highest BCUT2D eigenvalue weighted by Gasteiger charge is 2.14. The number of benzene rings is 1. The number of rotatable bonds is 6. The van der Waals surface area contributed by atoms with Gasteiger partial charge in [0.25, 0.3) is 0 Å². The Morgan fingerprint density at radius 3 is 2.88 bits per heavy atom. The lowest BCUT2D eigenvalue weighted by atomic mass is 10.0. The van der Waals surface area contributed by atoms with Crippen LogP contribution in [0.25, 0.3) is 0 Å². The number of halogens is 2. The maximum atomic E-state index is 13.8. The van der Waals surface area contributed by atoms with E-state index in [2.05, 4.69) is 27.2 Å². The maximum Gasteiger partial charge on any atom is 0.129 e. The molecule has 1 atom stereocenters. The molecule has 0 saturated carbocycles. The highest BCUT2D eigenvalue weighted by molar-refractivity contribution is 9.10. The van der Waals surface area contributed by atoms with E-state index in [0.717, 1.165) is 30.3 Å². The predicted octanol–water partition coefficient (Wildman–Crippen LogP) is 4.04. The van der Waals surface area contributed by atoms with Crippen LogP contribution in [-0.4, -0.2) is 6.54 Å². The number of hydrogen-bond donors (Lipinski definition) is 1. The van der Waals surface area contributed by atoms with Gasteiger partial charge in [0, 0.05) is 22.5 Å². The first-order valence-corrected chi connectivity index (χ1v) is 6.60. The van der Waals surface area contributed by atoms with Gasteiger partial charge in [-0.2, -0.15) is 0 Å². The summed E-state index contributed by atoms with van der Waals surface area (Å²) in [6, 6.07) is 5.23. The van der Waals surface area contributed by atoms with E-state index in [1.54, 1.807) is 0 Å². The van der Waals surface area contributed by atoms with Crippen LogP contribution in [0.5, 0.6) is 0 Å². The van der Waals surface area contributed by atoms with Crippen LogP contribution in [0.2, 0.25) is 0 Å². The molecule has 1 aromatic carbocycles. The molecule has 0 saturated heterocycles. The van der Waals surface area contributed by atoms with Gasteiger partial charge in [-0.1, -0.05) is 28.9 Å². The highest BCUT2D eigenvalue weighted by Crippen LogP contribution is 2.24. The minimum Gasteiger partial charge on any atom is -0.310 e. The molecular formula is C14H17BrFN. The molecule has 1 N–H and O–H groups in total. The average Bonchev–Trinajstić information content (AvgIpc) is 2.28. The van der Waals surface area contributed by atoms with Gasteiger partial charge in [-0.25, -0.2) is 4.39 Å². The molecule has 92 valence electrons. The predicted molar refractivity (Wildman–Crippen MR) is 73.2 cm³/mol. The first-order valence-electron chi connectivity index (χ1n) is 5.80. The summed E-state index contributed by atoms with van der Waals surface area (Å²) in [6.07, 6.45) is 7.73. The molecule has 0 aromatic heterocycles. The van der Waals surface area contributed by atoms with Crippen molar-refractivity contribution < 1.29 is 4.39 Å². The Hall–Kier alpha value is -0.850. The van der Waals surface area contributed by atoms with E-state index in [9.17, 15) is 4.39 Å². The van der Waals surface area contributed by atoms with Crippen molar-refractivity contribution in [1.82, 2.24) is 5.32 Å². The molecule has 0 aliphatic rings. The summed E-state index contributed by atoms with van der Waals surface area (Å²) in [5.74, 6) is 2.44. The smallest absolute Gasteiger partial charge is 0.129 e. The molecule has 3 heteroatoms. The van der Waals surface area contributed by atoms with Crippen LogP contribution in [0.4, 0.5) is 4.39 Å². The molecule has 0 radical (unpaired) electrons. The standard InChI is InChI=1S/C14H17BrFN/c1-3-5-6-7-14(17-4-2)12-9-8-11(15)10-13(12)16/h1,8-10,14,17H,4-7H2,2H3. The quantitative estimate of drug-likeness (QED) is 0.617. The molecule has 1 rings (SSSR count). The van der Waals surface area contributed by atoms with Crippen molar-refractivity contribution in [2.24, 2.45) is 0 Å². The Balaban J connectivity index is 2.78. The summed E-state index contributed by atoms with van der Waals surface area (Å²) < 4.78 is 14.6. The number of terminal acetylenes is 1. The summed E-state index contributed by atoms with van der Waals surface area (Å²) in [5.41, 5.74) is 0.715. The van der Waals surface area contributed by atoms with Gasteiger partial charge in [0.2, 0.25) is 0 Å². The van der Waals surface area contributed by atoms with Crippen LogP contribution in [0.3, 0.4) is 0 Å². The van der Waals surface area contributed by atoms with Crippen molar-refractivity contribution in [2.75, 3.05) is 6.54 Å². The van der Waals surface area contributed by atoms with Crippen LogP contribution in [-0.2, 0) is 0 Å². The van der Waals surface area contributed by atoms with Gasteiger partial charge in [-0.05, 0) is 31.5 Å². The van der Waals surface area contributed by atoms with E-state index >= 15 is 0 Å². The monoisotopic (exact) mass is 297 g/mol. The first-order chi connectivity index (χ1) is 8.19. The highest BCUT2D eigenvalue weighted by atomic mass is 79.9. The van der Waals surface area contributed by atoms with E-state index in [0.29, 0.717) is 5.56 Å². The van der Waals surface area contributed by atoms with Gasteiger partial charge in [0.05, 0.1) is 0 Å².